The van der Waals surface area contributed by atoms with E-state index in [1.165, 1.54) is 0 Å². The van der Waals surface area contributed by atoms with Gasteiger partial charge in [-0.05, 0) is 12.8 Å². The zero-order valence-electron chi connectivity index (χ0n) is 10.6. The number of thiazole rings is 1. The molecule has 0 saturated heterocycles. The third kappa shape index (κ3) is 4.52. The van der Waals surface area contributed by atoms with Gasteiger partial charge in [-0.1, -0.05) is 25.2 Å². The summed E-state index contributed by atoms with van der Waals surface area (Å²) in [6.45, 7) is 6.70. The number of nitrogens with one attached hydrogen (secondary N) is 2. The maximum atomic E-state index is 11.8. The Kier molecular flexibility index (Phi) is 5.51. The Balaban J connectivity index is 2.51. The molecule has 104 valence electrons. The molecule has 8 heteroatoms. The van der Waals surface area contributed by atoms with Crippen LogP contribution >= 0.6 is 11.3 Å². The van der Waals surface area contributed by atoms with Gasteiger partial charge in [0.05, 0.1) is 6.61 Å². The van der Waals surface area contributed by atoms with E-state index in [-0.39, 0.29) is 15.6 Å². The molecule has 0 aliphatic carbocycles. The number of hydrogen-bond acceptors (Lipinski definition) is 5. The topological polar surface area (TPSA) is 88.3 Å². The summed E-state index contributed by atoms with van der Waals surface area (Å²) in [5, 5.41) is 0. The van der Waals surface area contributed by atoms with Crippen LogP contribution in [-0.2, 0) is 14.8 Å². The van der Waals surface area contributed by atoms with Crippen molar-refractivity contribution in [1.82, 2.24) is 9.71 Å². The monoisotopic (exact) mass is 294 g/mol. The van der Waals surface area contributed by atoms with Crippen LogP contribution in [-0.4, -0.2) is 33.2 Å². The van der Waals surface area contributed by atoms with Crippen molar-refractivity contribution in [2.75, 3.05) is 19.8 Å². The van der Waals surface area contributed by atoms with Crippen LogP contribution in [0.15, 0.2) is 9.00 Å². The molecule has 1 aromatic rings. The third-order valence-electron chi connectivity index (χ3n) is 2.01. The molecule has 0 bridgehead atoms. The Bertz CT molecular complexity index is 530. The quantitative estimate of drug-likeness (QED) is 0.724. The number of rotatable bonds is 7. The third-order valence-corrected chi connectivity index (χ3v) is 5.08. The molecule has 2 N–H and O–H groups in total. The number of sulfonamides is 1. The standard InChI is InChI=1S/C10H18N2O4S2/c1-7(2)6-16-5-4-11-18(14,15)9-8(3)12-10(13)17-9/h7,11H,4-6H2,1-3H3,(H,12,13). The van der Waals surface area contributed by atoms with E-state index >= 15 is 0 Å². The molecule has 6 nitrogen and oxygen atoms in total. The maximum absolute atomic E-state index is 11.8. The van der Waals surface area contributed by atoms with Crippen molar-refractivity contribution in [3.8, 4) is 0 Å². The molecule has 0 unspecified atom stereocenters. The zero-order valence-corrected chi connectivity index (χ0v) is 12.3. The summed E-state index contributed by atoms with van der Waals surface area (Å²) >= 11 is 0.688. The number of aromatic amines is 1. The van der Waals surface area contributed by atoms with E-state index in [2.05, 4.69) is 9.71 Å². The normalized spacial score (nSPS) is 12.2. The van der Waals surface area contributed by atoms with Gasteiger partial charge < -0.3 is 9.72 Å². The number of hydrogen-bond donors (Lipinski definition) is 2. The molecule has 0 aromatic carbocycles. The lowest BCUT2D eigenvalue weighted by Gasteiger charge is -2.08. The summed E-state index contributed by atoms with van der Waals surface area (Å²) < 4.78 is 31.4. The van der Waals surface area contributed by atoms with Crippen LogP contribution in [0.4, 0.5) is 0 Å². The average molecular weight is 294 g/mol. The highest BCUT2D eigenvalue weighted by molar-refractivity contribution is 7.91. The fraction of sp³-hybridized carbons (Fsp3) is 0.700. The summed E-state index contributed by atoms with van der Waals surface area (Å²) in [7, 11) is -3.61. The second kappa shape index (κ2) is 6.46. The first-order valence-electron chi connectivity index (χ1n) is 5.60. The Labute approximate surface area is 110 Å². The Morgan fingerprint density at radius 3 is 2.61 bits per heavy atom. The molecule has 1 rings (SSSR count). The summed E-state index contributed by atoms with van der Waals surface area (Å²) in [6.07, 6.45) is 0. The Morgan fingerprint density at radius 2 is 2.11 bits per heavy atom. The first-order valence-corrected chi connectivity index (χ1v) is 7.90. The van der Waals surface area contributed by atoms with Gasteiger partial charge in [0, 0.05) is 18.8 Å². The number of H-pyrrole nitrogens is 1. The lowest BCUT2D eigenvalue weighted by Crippen LogP contribution is -2.27. The zero-order chi connectivity index (χ0) is 13.8. The van der Waals surface area contributed by atoms with Crippen molar-refractivity contribution >= 4 is 21.4 Å². The van der Waals surface area contributed by atoms with Crippen molar-refractivity contribution in [3.05, 3.63) is 15.4 Å². The highest BCUT2D eigenvalue weighted by Gasteiger charge is 2.19. The predicted octanol–water partition coefficient (Wildman–Crippen LogP) is 0.696. The van der Waals surface area contributed by atoms with Crippen molar-refractivity contribution in [1.29, 1.82) is 0 Å². The molecule has 0 radical (unpaired) electrons. The van der Waals surface area contributed by atoms with Gasteiger partial charge in [0.2, 0.25) is 0 Å². The van der Waals surface area contributed by atoms with E-state index in [0.717, 1.165) is 0 Å². The molecule has 1 heterocycles. The molecular formula is C10H18N2O4S2. The largest absolute Gasteiger partial charge is 0.380 e. The van der Waals surface area contributed by atoms with E-state index in [1.807, 2.05) is 13.8 Å². The minimum absolute atomic E-state index is 0.0383. The molecule has 0 saturated carbocycles. The predicted molar refractivity (Wildman–Crippen MR) is 70.5 cm³/mol. The first kappa shape index (κ1) is 15.4. The molecule has 0 aliphatic heterocycles. The van der Waals surface area contributed by atoms with Gasteiger partial charge in [-0.2, -0.15) is 0 Å². The minimum Gasteiger partial charge on any atom is -0.380 e. The first-order chi connectivity index (χ1) is 8.33. The van der Waals surface area contributed by atoms with Crippen molar-refractivity contribution in [2.45, 2.75) is 25.0 Å². The van der Waals surface area contributed by atoms with Crippen LogP contribution in [0.25, 0.3) is 0 Å². The van der Waals surface area contributed by atoms with Crippen LogP contribution in [0.2, 0.25) is 0 Å². The second-order valence-electron chi connectivity index (χ2n) is 4.29. The molecule has 0 aliphatic rings. The van der Waals surface area contributed by atoms with Gasteiger partial charge >= 0.3 is 4.87 Å². The number of aromatic nitrogens is 1. The van der Waals surface area contributed by atoms with Gasteiger partial charge in [0.15, 0.2) is 4.21 Å². The fourth-order valence-electron chi connectivity index (χ4n) is 1.28. The lowest BCUT2D eigenvalue weighted by atomic mass is 10.2. The maximum Gasteiger partial charge on any atom is 0.305 e. The minimum atomic E-state index is -3.61. The molecule has 18 heavy (non-hydrogen) atoms. The SMILES string of the molecule is Cc1[nH]c(=O)sc1S(=O)(=O)NCCOCC(C)C. The van der Waals surface area contributed by atoms with E-state index in [1.54, 1.807) is 6.92 Å². The van der Waals surface area contributed by atoms with Crippen molar-refractivity contribution < 1.29 is 13.2 Å². The Hall–Kier alpha value is -0.700. The Morgan fingerprint density at radius 1 is 1.44 bits per heavy atom. The molecule has 0 atom stereocenters. The summed E-state index contributed by atoms with van der Waals surface area (Å²) in [5.41, 5.74) is 0.362. The van der Waals surface area contributed by atoms with Crippen LogP contribution < -0.4 is 9.60 Å². The van der Waals surface area contributed by atoms with Gasteiger partial charge in [-0.25, -0.2) is 13.1 Å². The van der Waals surface area contributed by atoms with E-state index in [0.29, 0.717) is 36.2 Å². The molecular weight excluding hydrogens is 276 g/mol. The molecule has 0 spiro atoms. The number of ether oxygens (including phenoxy) is 1. The number of aryl methyl sites for hydroxylation is 1. The van der Waals surface area contributed by atoms with Crippen molar-refractivity contribution in [2.24, 2.45) is 5.92 Å². The van der Waals surface area contributed by atoms with E-state index in [4.69, 9.17) is 4.74 Å². The second-order valence-corrected chi connectivity index (χ2v) is 7.24. The fourth-order valence-corrected chi connectivity index (χ4v) is 3.64. The van der Waals surface area contributed by atoms with Crippen LogP contribution in [0.5, 0.6) is 0 Å². The highest BCUT2D eigenvalue weighted by Crippen LogP contribution is 2.14. The lowest BCUT2D eigenvalue weighted by molar-refractivity contribution is 0.114. The van der Waals surface area contributed by atoms with Gasteiger partial charge in [0.25, 0.3) is 10.0 Å². The summed E-state index contributed by atoms with van der Waals surface area (Å²) in [6, 6.07) is 0. The summed E-state index contributed by atoms with van der Waals surface area (Å²) in [5.74, 6) is 0.416. The highest BCUT2D eigenvalue weighted by atomic mass is 32.2. The average Bonchev–Trinajstić information content (AvgIpc) is 2.57. The molecule has 1 aromatic heterocycles. The molecule has 0 fully saturated rings. The van der Waals surface area contributed by atoms with Gasteiger partial charge in [-0.3, -0.25) is 4.79 Å². The van der Waals surface area contributed by atoms with Crippen LogP contribution in [0.1, 0.15) is 19.5 Å². The van der Waals surface area contributed by atoms with Gasteiger partial charge in [-0.15, -0.1) is 0 Å². The van der Waals surface area contributed by atoms with E-state index < -0.39 is 10.0 Å². The van der Waals surface area contributed by atoms with Gasteiger partial charge in [0.1, 0.15) is 0 Å². The van der Waals surface area contributed by atoms with Crippen LogP contribution in [0.3, 0.4) is 0 Å². The summed E-state index contributed by atoms with van der Waals surface area (Å²) in [4.78, 5) is 13.1. The molecule has 0 amide bonds. The van der Waals surface area contributed by atoms with Crippen molar-refractivity contribution in [3.63, 3.8) is 0 Å². The smallest absolute Gasteiger partial charge is 0.305 e. The van der Waals surface area contributed by atoms with E-state index in [9.17, 15) is 13.2 Å². The van der Waals surface area contributed by atoms with Crippen LogP contribution in [0, 0.1) is 12.8 Å².